The number of hydrogen-bond acceptors (Lipinski definition) is 4. The first-order chi connectivity index (χ1) is 9.56. The zero-order valence-electron chi connectivity index (χ0n) is 12.0. The van der Waals surface area contributed by atoms with E-state index in [0.717, 1.165) is 11.1 Å². The molecule has 1 aromatic heterocycles. The summed E-state index contributed by atoms with van der Waals surface area (Å²) >= 11 is 0. The first kappa shape index (κ1) is 14.2. The largest absolute Gasteiger partial charge is 0.354 e. The third-order valence-electron chi connectivity index (χ3n) is 2.87. The van der Waals surface area contributed by atoms with E-state index in [2.05, 4.69) is 15.5 Å². The molecule has 5 heteroatoms. The van der Waals surface area contributed by atoms with E-state index in [4.69, 9.17) is 4.52 Å². The van der Waals surface area contributed by atoms with Gasteiger partial charge in [0.1, 0.15) is 0 Å². The van der Waals surface area contributed by atoms with E-state index >= 15 is 0 Å². The van der Waals surface area contributed by atoms with Crippen molar-refractivity contribution in [1.29, 1.82) is 0 Å². The topological polar surface area (TPSA) is 68.0 Å². The van der Waals surface area contributed by atoms with Crippen molar-refractivity contribution in [2.24, 2.45) is 0 Å². The molecule has 2 rings (SSSR count). The van der Waals surface area contributed by atoms with Gasteiger partial charge in [0.25, 0.3) is 0 Å². The molecule has 1 N–H and O–H groups in total. The van der Waals surface area contributed by atoms with E-state index in [-0.39, 0.29) is 11.9 Å². The van der Waals surface area contributed by atoms with E-state index in [0.29, 0.717) is 24.6 Å². The molecule has 0 aliphatic carbocycles. The fraction of sp³-hybridized carbons (Fsp3) is 0.400. The second-order valence-electron chi connectivity index (χ2n) is 5.05. The maximum Gasteiger partial charge on any atom is 0.227 e. The summed E-state index contributed by atoms with van der Waals surface area (Å²) in [6, 6.07) is 8.01. The molecular weight excluding hydrogens is 254 g/mol. The summed E-state index contributed by atoms with van der Waals surface area (Å²) in [5.41, 5.74) is 2.05. The lowest BCUT2D eigenvalue weighted by Gasteiger charge is -2.06. The van der Waals surface area contributed by atoms with Crippen LogP contribution >= 0.6 is 0 Å². The Hall–Kier alpha value is -2.17. The number of nitrogens with zero attached hydrogens (tertiary/aromatic N) is 2. The molecule has 0 unspecified atom stereocenters. The number of aromatic nitrogens is 2. The minimum atomic E-state index is -0.00404. The van der Waals surface area contributed by atoms with Gasteiger partial charge < -0.3 is 9.84 Å². The van der Waals surface area contributed by atoms with Crippen molar-refractivity contribution in [3.8, 4) is 11.4 Å². The molecule has 2 aromatic rings. The van der Waals surface area contributed by atoms with Gasteiger partial charge in [0.15, 0.2) is 0 Å². The van der Waals surface area contributed by atoms with Gasteiger partial charge in [0.2, 0.25) is 17.6 Å². The highest BCUT2D eigenvalue weighted by atomic mass is 16.5. The third kappa shape index (κ3) is 3.66. The Balaban J connectivity index is 2.00. The highest BCUT2D eigenvalue weighted by molar-refractivity contribution is 5.76. The van der Waals surface area contributed by atoms with Crippen molar-refractivity contribution in [1.82, 2.24) is 15.5 Å². The molecule has 20 heavy (non-hydrogen) atoms. The molecule has 0 saturated heterocycles. The summed E-state index contributed by atoms with van der Waals surface area (Å²) in [5.74, 6) is 1.06. The molecule has 0 spiro atoms. The lowest BCUT2D eigenvalue weighted by molar-refractivity contribution is -0.121. The number of hydrogen-bond donors (Lipinski definition) is 1. The van der Waals surface area contributed by atoms with Gasteiger partial charge in [0.05, 0.1) is 0 Å². The number of aryl methyl sites for hydroxylation is 2. The molecular formula is C15H19N3O2. The maximum absolute atomic E-state index is 11.6. The molecule has 0 aliphatic rings. The monoisotopic (exact) mass is 273 g/mol. The predicted octanol–water partition coefficient (Wildman–Crippen LogP) is 2.50. The van der Waals surface area contributed by atoms with Crippen LogP contribution in [0.15, 0.2) is 28.8 Å². The van der Waals surface area contributed by atoms with Crippen LogP contribution in [0.3, 0.4) is 0 Å². The van der Waals surface area contributed by atoms with Crippen LogP contribution in [0.1, 0.15) is 31.7 Å². The van der Waals surface area contributed by atoms with Crippen LogP contribution in [0.4, 0.5) is 0 Å². The molecule has 1 heterocycles. The zero-order chi connectivity index (χ0) is 14.5. The average Bonchev–Trinajstić information content (AvgIpc) is 2.85. The van der Waals surface area contributed by atoms with E-state index in [9.17, 15) is 4.79 Å². The van der Waals surface area contributed by atoms with Crippen molar-refractivity contribution in [2.75, 3.05) is 0 Å². The second kappa shape index (κ2) is 6.32. The van der Waals surface area contributed by atoms with E-state index < -0.39 is 0 Å². The Labute approximate surface area is 118 Å². The fourth-order valence-corrected chi connectivity index (χ4v) is 1.90. The molecule has 1 amide bonds. The lowest BCUT2D eigenvalue weighted by atomic mass is 10.1. The number of nitrogens with one attached hydrogen (secondary N) is 1. The minimum absolute atomic E-state index is 0.00404. The Bertz CT molecular complexity index is 590. The summed E-state index contributed by atoms with van der Waals surface area (Å²) in [5, 5.41) is 6.80. The number of rotatable bonds is 5. The van der Waals surface area contributed by atoms with Crippen LogP contribution in [0.5, 0.6) is 0 Å². The number of amides is 1. The third-order valence-corrected chi connectivity index (χ3v) is 2.87. The van der Waals surface area contributed by atoms with Crippen LogP contribution in [0.2, 0.25) is 0 Å². The Morgan fingerprint density at radius 1 is 1.35 bits per heavy atom. The molecule has 0 aliphatic heterocycles. The minimum Gasteiger partial charge on any atom is -0.354 e. The normalized spacial score (nSPS) is 10.8. The maximum atomic E-state index is 11.6. The Morgan fingerprint density at radius 3 is 2.80 bits per heavy atom. The van der Waals surface area contributed by atoms with Crippen LogP contribution in [0.25, 0.3) is 11.4 Å². The molecule has 1 aromatic carbocycles. The second-order valence-corrected chi connectivity index (χ2v) is 5.05. The highest BCUT2D eigenvalue weighted by Gasteiger charge is 2.12. The van der Waals surface area contributed by atoms with Crippen molar-refractivity contribution in [3.05, 3.63) is 35.7 Å². The lowest BCUT2D eigenvalue weighted by Crippen LogP contribution is -2.30. The summed E-state index contributed by atoms with van der Waals surface area (Å²) in [4.78, 5) is 15.9. The van der Waals surface area contributed by atoms with E-state index in [1.807, 2.05) is 45.0 Å². The molecule has 0 radical (unpaired) electrons. The van der Waals surface area contributed by atoms with Gasteiger partial charge in [0, 0.05) is 24.4 Å². The SMILES string of the molecule is Cc1ccccc1-c1noc(CCC(=O)NC(C)C)n1. The van der Waals surface area contributed by atoms with Gasteiger partial charge >= 0.3 is 0 Å². The molecule has 0 fully saturated rings. The standard InChI is InChI=1S/C15H19N3O2/c1-10(2)16-13(19)8-9-14-17-15(18-20-14)12-7-5-4-6-11(12)3/h4-7,10H,8-9H2,1-3H3,(H,16,19). The average molecular weight is 273 g/mol. The van der Waals surface area contributed by atoms with Crippen LogP contribution < -0.4 is 5.32 Å². The van der Waals surface area contributed by atoms with Crippen molar-refractivity contribution >= 4 is 5.91 Å². The summed E-state index contributed by atoms with van der Waals surface area (Å²) in [7, 11) is 0. The van der Waals surface area contributed by atoms with E-state index in [1.54, 1.807) is 0 Å². The fourth-order valence-electron chi connectivity index (χ4n) is 1.90. The predicted molar refractivity (Wildman–Crippen MR) is 76.1 cm³/mol. The van der Waals surface area contributed by atoms with Gasteiger partial charge in [-0.15, -0.1) is 0 Å². The smallest absolute Gasteiger partial charge is 0.227 e. The van der Waals surface area contributed by atoms with Crippen LogP contribution in [-0.2, 0) is 11.2 Å². The van der Waals surface area contributed by atoms with Gasteiger partial charge in [-0.25, -0.2) is 0 Å². The molecule has 5 nitrogen and oxygen atoms in total. The number of benzene rings is 1. The molecule has 0 saturated carbocycles. The molecule has 0 bridgehead atoms. The zero-order valence-corrected chi connectivity index (χ0v) is 12.0. The summed E-state index contributed by atoms with van der Waals surface area (Å²) in [6.07, 6.45) is 0.811. The first-order valence-corrected chi connectivity index (χ1v) is 6.74. The molecule has 106 valence electrons. The highest BCUT2D eigenvalue weighted by Crippen LogP contribution is 2.19. The van der Waals surface area contributed by atoms with Crippen molar-refractivity contribution < 1.29 is 9.32 Å². The van der Waals surface area contributed by atoms with Gasteiger partial charge in [-0.2, -0.15) is 4.98 Å². The Kier molecular flexibility index (Phi) is 4.50. The van der Waals surface area contributed by atoms with Gasteiger partial charge in [-0.3, -0.25) is 4.79 Å². The summed E-state index contributed by atoms with van der Waals surface area (Å²) in [6.45, 7) is 5.86. The summed E-state index contributed by atoms with van der Waals surface area (Å²) < 4.78 is 5.19. The van der Waals surface area contributed by atoms with Crippen molar-refractivity contribution in [2.45, 2.75) is 39.7 Å². The van der Waals surface area contributed by atoms with Crippen LogP contribution in [-0.4, -0.2) is 22.1 Å². The quantitative estimate of drug-likeness (QED) is 0.908. The van der Waals surface area contributed by atoms with Crippen molar-refractivity contribution in [3.63, 3.8) is 0 Å². The van der Waals surface area contributed by atoms with E-state index in [1.165, 1.54) is 0 Å². The van der Waals surface area contributed by atoms with Gasteiger partial charge in [-0.05, 0) is 26.3 Å². The first-order valence-electron chi connectivity index (χ1n) is 6.74. The number of carbonyl (C=O) groups is 1. The molecule has 0 atom stereocenters. The van der Waals surface area contributed by atoms with Gasteiger partial charge in [-0.1, -0.05) is 29.4 Å². The van der Waals surface area contributed by atoms with Crippen LogP contribution in [0, 0.1) is 6.92 Å². The number of carbonyl (C=O) groups excluding carboxylic acids is 1. The Morgan fingerprint density at radius 2 is 2.10 bits per heavy atom.